The van der Waals surface area contributed by atoms with E-state index in [1.54, 1.807) is 30.3 Å². The maximum atomic E-state index is 12.5. The van der Waals surface area contributed by atoms with Crippen LogP contribution in [0.15, 0.2) is 41.4 Å². The summed E-state index contributed by atoms with van der Waals surface area (Å²) in [7, 11) is 0. The number of thiocarbonyl (C=S) groups is 1. The van der Waals surface area contributed by atoms with Gasteiger partial charge in [-0.15, -0.1) is 0 Å². The molecule has 0 atom stereocenters. The first-order chi connectivity index (χ1) is 9.56. The molecule has 0 aliphatic rings. The number of thioether (sulfide) groups is 1. The molecule has 1 aromatic carbocycles. The van der Waals surface area contributed by atoms with E-state index < -0.39 is 5.76 Å². The molecule has 20 heavy (non-hydrogen) atoms. The zero-order valence-corrected chi connectivity index (χ0v) is 11.7. The van der Waals surface area contributed by atoms with E-state index in [1.165, 1.54) is 6.20 Å². The van der Waals surface area contributed by atoms with Gasteiger partial charge in [-0.25, -0.2) is 9.97 Å². The van der Waals surface area contributed by atoms with Crippen LogP contribution in [0.2, 0.25) is 0 Å². The molecule has 104 valence electrons. The Labute approximate surface area is 123 Å². The molecule has 2 rings (SSSR count). The van der Waals surface area contributed by atoms with Gasteiger partial charge in [0.05, 0.1) is 5.69 Å². The topological polar surface area (TPSA) is 63.8 Å². The summed E-state index contributed by atoms with van der Waals surface area (Å²) in [4.78, 5) is 8.66. The molecule has 1 aromatic heterocycles. The number of nitrogens with zero attached hydrogens (tertiary/aromatic N) is 2. The summed E-state index contributed by atoms with van der Waals surface area (Å²) in [5.41, 5.74) is 6.39. The van der Waals surface area contributed by atoms with Gasteiger partial charge in [-0.1, -0.05) is 36.1 Å². The molecule has 0 aliphatic carbocycles. The average Bonchev–Trinajstić information content (AvgIpc) is 2.41. The Morgan fingerprint density at radius 3 is 2.75 bits per heavy atom. The van der Waals surface area contributed by atoms with Crippen LogP contribution in [0.5, 0.6) is 0 Å². The van der Waals surface area contributed by atoms with Crippen molar-refractivity contribution in [3.05, 3.63) is 42.2 Å². The lowest BCUT2D eigenvalue weighted by Gasteiger charge is -2.10. The van der Waals surface area contributed by atoms with Crippen LogP contribution in [0.3, 0.4) is 0 Å². The molecule has 1 heterocycles. The van der Waals surface area contributed by atoms with Crippen LogP contribution in [0, 0.1) is 0 Å². The largest absolute Gasteiger partial charge is 0.388 e. The number of aromatic nitrogens is 2. The van der Waals surface area contributed by atoms with Crippen LogP contribution in [-0.4, -0.2) is 20.7 Å². The van der Waals surface area contributed by atoms with Crippen LogP contribution in [0.1, 0.15) is 5.69 Å². The molecule has 0 unspecified atom stereocenters. The van der Waals surface area contributed by atoms with E-state index in [0.717, 1.165) is 0 Å². The van der Waals surface area contributed by atoms with E-state index in [9.17, 15) is 8.78 Å². The molecule has 0 saturated carbocycles. The van der Waals surface area contributed by atoms with Crippen LogP contribution >= 0.6 is 24.0 Å². The first-order valence-electron chi connectivity index (χ1n) is 5.50. The molecule has 2 aromatic rings. The highest BCUT2D eigenvalue weighted by atomic mass is 32.2. The second-order valence-electron chi connectivity index (χ2n) is 3.63. The molecule has 0 saturated heterocycles. The summed E-state index contributed by atoms with van der Waals surface area (Å²) in [5.74, 6) is -2.25. The second-order valence-corrected chi connectivity index (χ2v) is 5.10. The van der Waals surface area contributed by atoms with E-state index in [1.807, 2.05) is 0 Å². The van der Waals surface area contributed by atoms with Gasteiger partial charge < -0.3 is 11.1 Å². The van der Waals surface area contributed by atoms with Gasteiger partial charge in [-0.05, 0) is 18.2 Å². The van der Waals surface area contributed by atoms with E-state index in [4.69, 9.17) is 18.0 Å². The number of hydrogen-bond donors (Lipinski definition) is 2. The lowest BCUT2D eigenvalue weighted by Crippen LogP contribution is -2.12. The Morgan fingerprint density at radius 1 is 1.30 bits per heavy atom. The molecule has 0 bridgehead atoms. The minimum atomic E-state index is -2.50. The number of nitrogens with one attached hydrogen (secondary N) is 1. The molecular weight excluding hydrogens is 302 g/mol. The van der Waals surface area contributed by atoms with Gasteiger partial charge in [0, 0.05) is 11.1 Å². The fourth-order valence-corrected chi connectivity index (χ4v) is 2.15. The number of halogens is 2. The Balaban J connectivity index is 2.25. The van der Waals surface area contributed by atoms with Crippen molar-refractivity contribution >= 4 is 40.6 Å². The van der Waals surface area contributed by atoms with Crippen molar-refractivity contribution in [2.24, 2.45) is 5.73 Å². The Bertz CT molecular complexity index is 622. The summed E-state index contributed by atoms with van der Waals surface area (Å²) < 4.78 is 25.0. The Morgan fingerprint density at radius 2 is 2.05 bits per heavy atom. The average molecular weight is 312 g/mol. The summed E-state index contributed by atoms with van der Waals surface area (Å²) in [5, 5.41) is 2.88. The van der Waals surface area contributed by atoms with Crippen molar-refractivity contribution in [3.8, 4) is 0 Å². The van der Waals surface area contributed by atoms with Gasteiger partial charge in [0.15, 0.2) is 0 Å². The van der Waals surface area contributed by atoms with E-state index >= 15 is 0 Å². The highest BCUT2D eigenvalue weighted by Gasteiger charge is 2.10. The Hall–Kier alpha value is -1.80. The molecule has 0 amide bonds. The van der Waals surface area contributed by atoms with Crippen molar-refractivity contribution in [1.82, 2.24) is 9.97 Å². The fourth-order valence-electron chi connectivity index (χ4n) is 1.45. The van der Waals surface area contributed by atoms with Crippen LogP contribution < -0.4 is 11.1 Å². The fraction of sp³-hybridized carbons (Fsp3) is 0.0833. The van der Waals surface area contributed by atoms with Gasteiger partial charge in [-0.3, -0.25) is 0 Å². The highest BCUT2D eigenvalue weighted by Crippen LogP contribution is 2.32. The number of alkyl halides is 2. The van der Waals surface area contributed by atoms with Gasteiger partial charge in [0.1, 0.15) is 10.7 Å². The number of para-hydroxylation sites is 1. The number of hydrogen-bond acceptors (Lipinski definition) is 5. The molecular formula is C12H10F2N4S2. The normalized spacial score (nSPS) is 10.6. The molecule has 3 N–H and O–H groups in total. The van der Waals surface area contributed by atoms with Gasteiger partial charge in [-0.2, -0.15) is 8.78 Å². The predicted molar refractivity (Wildman–Crippen MR) is 79.5 cm³/mol. The van der Waals surface area contributed by atoms with Crippen molar-refractivity contribution < 1.29 is 8.78 Å². The monoisotopic (exact) mass is 312 g/mol. The maximum Gasteiger partial charge on any atom is 0.288 e. The van der Waals surface area contributed by atoms with Gasteiger partial charge in [0.25, 0.3) is 5.76 Å². The Kier molecular flexibility index (Phi) is 4.80. The first kappa shape index (κ1) is 14.6. The van der Waals surface area contributed by atoms with E-state index in [2.05, 4.69) is 15.3 Å². The van der Waals surface area contributed by atoms with Crippen molar-refractivity contribution in [2.75, 3.05) is 5.32 Å². The minimum Gasteiger partial charge on any atom is -0.388 e. The summed E-state index contributed by atoms with van der Waals surface area (Å²) in [6.07, 6.45) is 1.49. The smallest absolute Gasteiger partial charge is 0.288 e. The molecule has 0 fully saturated rings. The van der Waals surface area contributed by atoms with Crippen LogP contribution in [0.25, 0.3) is 0 Å². The zero-order valence-electron chi connectivity index (χ0n) is 10.1. The molecule has 8 heteroatoms. The maximum absolute atomic E-state index is 12.5. The number of benzene rings is 1. The first-order valence-corrected chi connectivity index (χ1v) is 6.79. The number of rotatable bonds is 5. The predicted octanol–water partition coefficient (Wildman–Crippen LogP) is 3.17. The third kappa shape index (κ3) is 3.84. The van der Waals surface area contributed by atoms with Crippen LogP contribution in [-0.2, 0) is 0 Å². The standard InChI is InChI=1S/C12H10F2N4S2/c13-11(14)20-9-4-2-1-3-7(9)17-12-16-6-5-8(18-12)10(15)19/h1-6,11H,(H2,15,19)(H,16,17,18). The second kappa shape index (κ2) is 6.58. The highest BCUT2D eigenvalue weighted by molar-refractivity contribution is 7.99. The quantitative estimate of drug-likeness (QED) is 0.653. The zero-order chi connectivity index (χ0) is 14.5. The number of anilines is 2. The third-order valence-corrected chi connectivity index (χ3v) is 3.25. The van der Waals surface area contributed by atoms with Gasteiger partial charge in [0.2, 0.25) is 5.95 Å². The van der Waals surface area contributed by atoms with Crippen molar-refractivity contribution in [1.29, 1.82) is 0 Å². The SMILES string of the molecule is NC(=S)c1ccnc(Nc2ccccc2SC(F)F)n1. The minimum absolute atomic E-state index is 0.144. The summed E-state index contributed by atoms with van der Waals surface area (Å²) >= 11 is 5.28. The lowest BCUT2D eigenvalue weighted by atomic mass is 10.3. The molecule has 0 spiro atoms. The molecule has 0 aliphatic heterocycles. The van der Waals surface area contributed by atoms with Gasteiger partial charge >= 0.3 is 0 Å². The van der Waals surface area contributed by atoms with E-state index in [-0.39, 0.29) is 10.9 Å². The molecule has 0 radical (unpaired) electrons. The van der Waals surface area contributed by atoms with E-state index in [0.29, 0.717) is 28.0 Å². The summed E-state index contributed by atoms with van der Waals surface area (Å²) in [6.45, 7) is 0. The number of nitrogens with two attached hydrogens (primary N) is 1. The van der Waals surface area contributed by atoms with Crippen molar-refractivity contribution in [2.45, 2.75) is 10.7 Å². The molecule has 4 nitrogen and oxygen atoms in total. The summed E-state index contributed by atoms with van der Waals surface area (Å²) in [6, 6.07) is 8.25. The van der Waals surface area contributed by atoms with Crippen molar-refractivity contribution in [3.63, 3.8) is 0 Å². The van der Waals surface area contributed by atoms with Crippen LogP contribution in [0.4, 0.5) is 20.4 Å². The third-order valence-electron chi connectivity index (χ3n) is 2.26. The lowest BCUT2D eigenvalue weighted by molar-refractivity contribution is 0.252.